The van der Waals surface area contributed by atoms with Gasteiger partial charge in [-0.3, -0.25) is 9.56 Å². The molecule has 1 aromatic carbocycles. The largest absolute Gasteiger partial charge is 0.356 e. The summed E-state index contributed by atoms with van der Waals surface area (Å²) in [7, 11) is 1.78. The number of halogens is 1. The Morgan fingerprint density at radius 3 is 2.54 bits per heavy atom. The SMILES string of the molecule is CN=C(NCc1ccc(-n2ccnc2)nc1)NCC(C)c1ccc(C)cc1.I. The van der Waals surface area contributed by atoms with Crippen LogP contribution < -0.4 is 10.6 Å². The number of nitrogens with zero attached hydrogens (tertiary/aromatic N) is 4. The Labute approximate surface area is 183 Å². The second-order valence-electron chi connectivity index (χ2n) is 6.61. The molecule has 2 aromatic heterocycles. The van der Waals surface area contributed by atoms with Gasteiger partial charge in [0.05, 0.1) is 0 Å². The Morgan fingerprint density at radius 2 is 1.93 bits per heavy atom. The van der Waals surface area contributed by atoms with Crippen molar-refractivity contribution in [3.8, 4) is 5.82 Å². The summed E-state index contributed by atoms with van der Waals surface area (Å²) in [5.74, 6) is 2.04. The van der Waals surface area contributed by atoms with E-state index in [1.807, 2.05) is 23.0 Å². The van der Waals surface area contributed by atoms with E-state index in [1.54, 1.807) is 19.6 Å². The van der Waals surface area contributed by atoms with Crippen LogP contribution in [0.1, 0.15) is 29.5 Å². The van der Waals surface area contributed by atoms with Gasteiger partial charge in [0, 0.05) is 38.7 Å². The number of hydrogen-bond acceptors (Lipinski definition) is 3. The third kappa shape index (κ3) is 6.05. The van der Waals surface area contributed by atoms with E-state index in [4.69, 9.17) is 0 Å². The molecule has 2 N–H and O–H groups in total. The minimum Gasteiger partial charge on any atom is -0.356 e. The lowest BCUT2D eigenvalue weighted by Crippen LogP contribution is -2.38. The molecule has 1 unspecified atom stereocenters. The number of benzene rings is 1. The van der Waals surface area contributed by atoms with Crippen molar-refractivity contribution in [2.24, 2.45) is 4.99 Å². The highest BCUT2D eigenvalue weighted by Gasteiger charge is 2.07. The smallest absolute Gasteiger partial charge is 0.191 e. The van der Waals surface area contributed by atoms with Crippen LogP contribution in [0.2, 0.25) is 0 Å². The molecule has 0 bridgehead atoms. The van der Waals surface area contributed by atoms with Crippen molar-refractivity contribution in [1.29, 1.82) is 0 Å². The minimum atomic E-state index is 0. The monoisotopic (exact) mass is 490 g/mol. The fraction of sp³-hybridized carbons (Fsp3) is 0.286. The molecule has 28 heavy (non-hydrogen) atoms. The summed E-state index contributed by atoms with van der Waals surface area (Å²) in [6, 6.07) is 12.7. The molecular weight excluding hydrogens is 463 g/mol. The number of aryl methyl sites for hydroxylation is 1. The van der Waals surface area contributed by atoms with E-state index in [2.05, 4.69) is 69.8 Å². The first-order valence-electron chi connectivity index (χ1n) is 9.10. The second-order valence-corrected chi connectivity index (χ2v) is 6.61. The predicted octanol–water partition coefficient (Wildman–Crippen LogP) is 3.66. The molecule has 2 heterocycles. The molecule has 0 aliphatic rings. The third-order valence-electron chi connectivity index (χ3n) is 4.48. The first kappa shape index (κ1) is 21.9. The standard InChI is InChI=1S/C21H26N6.HI/c1-16-4-7-19(8-5-16)17(2)12-25-21(22-3)26-14-18-6-9-20(24-13-18)27-11-10-23-15-27;/h4-11,13,15,17H,12,14H2,1-3H3,(H2,22,25,26);1H. The van der Waals surface area contributed by atoms with Crippen LogP contribution in [0.4, 0.5) is 0 Å². The number of rotatable bonds is 6. The average molecular weight is 490 g/mol. The van der Waals surface area contributed by atoms with Gasteiger partial charge in [0.2, 0.25) is 0 Å². The van der Waals surface area contributed by atoms with Gasteiger partial charge >= 0.3 is 0 Å². The van der Waals surface area contributed by atoms with Crippen molar-refractivity contribution in [3.63, 3.8) is 0 Å². The molecule has 0 radical (unpaired) electrons. The van der Waals surface area contributed by atoms with E-state index in [-0.39, 0.29) is 24.0 Å². The number of hydrogen-bond donors (Lipinski definition) is 2. The van der Waals surface area contributed by atoms with E-state index < -0.39 is 0 Å². The highest BCUT2D eigenvalue weighted by Crippen LogP contribution is 2.14. The molecule has 0 fully saturated rings. The molecule has 1 atom stereocenters. The third-order valence-corrected chi connectivity index (χ3v) is 4.48. The van der Waals surface area contributed by atoms with Gasteiger partial charge in [0.25, 0.3) is 0 Å². The summed E-state index contributed by atoms with van der Waals surface area (Å²) in [6.07, 6.45) is 7.22. The van der Waals surface area contributed by atoms with E-state index in [0.29, 0.717) is 12.5 Å². The molecular formula is C21H27IN6. The minimum absolute atomic E-state index is 0. The Hall–Kier alpha value is -2.42. The molecule has 0 aliphatic carbocycles. The Balaban J connectivity index is 0.00000280. The molecule has 3 aromatic rings. The van der Waals surface area contributed by atoms with Crippen LogP contribution in [0, 0.1) is 6.92 Å². The van der Waals surface area contributed by atoms with Crippen molar-refractivity contribution in [3.05, 3.63) is 78.0 Å². The Bertz CT molecular complexity index is 857. The molecule has 0 spiro atoms. The Morgan fingerprint density at radius 1 is 1.14 bits per heavy atom. The van der Waals surface area contributed by atoms with Gasteiger partial charge in [-0.25, -0.2) is 9.97 Å². The molecule has 148 valence electrons. The number of guanidine groups is 1. The summed E-state index contributed by atoms with van der Waals surface area (Å²) < 4.78 is 1.88. The lowest BCUT2D eigenvalue weighted by Gasteiger charge is -2.16. The van der Waals surface area contributed by atoms with Crippen molar-refractivity contribution >= 4 is 29.9 Å². The van der Waals surface area contributed by atoms with Crippen LogP contribution in [0.5, 0.6) is 0 Å². The highest BCUT2D eigenvalue weighted by atomic mass is 127. The van der Waals surface area contributed by atoms with Gasteiger partial charge < -0.3 is 10.6 Å². The maximum atomic E-state index is 4.47. The zero-order valence-corrected chi connectivity index (χ0v) is 18.8. The van der Waals surface area contributed by atoms with E-state index >= 15 is 0 Å². The molecule has 0 saturated carbocycles. The first-order valence-corrected chi connectivity index (χ1v) is 9.10. The van der Waals surface area contributed by atoms with Crippen molar-refractivity contribution in [2.75, 3.05) is 13.6 Å². The number of pyridine rings is 1. The van der Waals surface area contributed by atoms with E-state index in [0.717, 1.165) is 23.9 Å². The summed E-state index contributed by atoms with van der Waals surface area (Å²) in [5, 5.41) is 6.73. The zero-order chi connectivity index (χ0) is 19.1. The average Bonchev–Trinajstić information content (AvgIpc) is 3.24. The molecule has 7 heteroatoms. The highest BCUT2D eigenvalue weighted by molar-refractivity contribution is 14.0. The van der Waals surface area contributed by atoms with Gasteiger partial charge in [0.15, 0.2) is 5.96 Å². The van der Waals surface area contributed by atoms with E-state index in [9.17, 15) is 0 Å². The quantitative estimate of drug-likeness (QED) is 0.315. The molecule has 6 nitrogen and oxygen atoms in total. The van der Waals surface area contributed by atoms with Crippen molar-refractivity contribution < 1.29 is 0 Å². The fourth-order valence-corrected chi connectivity index (χ4v) is 2.74. The van der Waals surface area contributed by atoms with Crippen LogP contribution in [-0.2, 0) is 6.54 Å². The maximum Gasteiger partial charge on any atom is 0.191 e. The van der Waals surface area contributed by atoms with Crippen LogP contribution >= 0.6 is 24.0 Å². The zero-order valence-electron chi connectivity index (χ0n) is 16.5. The van der Waals surface area contributed by atoms with Gasteiger partial charge in [-0.05, 0) is 30.0 Å². The first-order chi connectivity index (χ1) is 13.2. The molecule has 3 rings (SSSR count). The number of imidazole rings is 1. The van der Waals surface area contributed by atoms with Crippen LogP contribution in [0.15, 0.2) is 66.3 Å². The molecule has 0 aliphatic heterocycles. The summed E-state index contributed by atoms with van der Waals surface area (Å²) >= 11 is 0. The van der Waals surface area contributed by atoms with Crippen LogP contribution in [0.25, 0.3) is 5.82 Å². The number of aromatic nitrogens is 3. The second kappa shape index (κ2) is 10.8. The fourth-order valence-electron chi connectivity index (χ4n) is 2.74. The maximum absolute atomic E-state index is 4.47. The Kier molecular flexibility index (Phi) is 8.43. The van der Waals surface area contributed by atoms with Gasteiger partial charge in [0.1, 0.15) is 12.1 Å². The molecule has 0 amide bonds. The lowest BCUT2D eigenvalue weighted by atomic mass is 10.0. The van der Waals surface area contributed by atoms with Crippen LogP contribution in [0.3, 0.4) is 0 Å². The van der Waals surface area contributed by atoms with Crippen molar-refractivity contribution in [2.45, 2.75) is 26.3 Å². The number of nitrogens with one attached hydrogen (secondary N) is 2. The van der Waals surface area contributed by atoms with Gasteiger partial charge in [-0.15, -0.1) is 24.0 Å². The predicted molar refractivity (Wildman–Crippen MR) is 125 cm³/mol. The van der Waals surface area contributed by atoms with Crippen molar-refractivity contribution in [1.82, 2.24) is 25.2 Å². The molecule has 0 saturated heterocycles. The topological polar surface area (TPSA) is 67.1 Å². The summed E-state index contributed by atoms with van der Waals surface area (Å²) in [4.78, 5) is 12.8. The summed E-state index contributed by atoms with van der Waals surface area (Å²) in [6.45, 7) is 5.80. The number of aliphatic imine (C=N–C) groups is 1. The summed E-state index contributed by atoms with van der Waals surface area (Å²) in [5.41, 5.74) is 3.69. The van der Waals surface area contributed by atoms with E-state index in [1.165, 1.54) is 11.1 Å². The lowest BCUT2D eigenvalue weighted by molar-refractivity contribution is 0.698. The van der Waals surface area contributed by atoms with Gasteiger partial charge in [-0.1, -0.05) is 42.8 Å². The normalized spacial score (nSPS) is 12.2. The van der Waals surface area contributed by atoms with Gasteiger partial charge in [-0.2, -0.15) is 0 Å². The van der Waals surface area contributed by atoms with Crippen LogP contribution in [-0.4, -0.2) is 34.1 Å².